The van der Waals surface area contributed by atoms with Crippen LogP contribution in [0.1, 0.15) is 19.3 Å². The molecule has 0 aromatic heterocycles. The first-order valence-corrected chi connectivity index (χ1v) is 8.47. The van der Waals surface area contributed by atoms with E-state index < -0.39 is 26.6 Å². The van der Waals surface area contributed by atoms with Gasteiger partial charge in [0.15, 0.2) is 0 Å². The van der Waals surface area contributed by atoms with Crippen LogP contribution in [0.3, 0.4) is 0 Å². The third kappa shape index (κ3) is 3.65. The quantitative estimate of drug-likeness (QED) is 0.831. The summed E-state index contributed by atoms with van der Waals surface area (Å²) in [7, 11) is -4.00. The van der Waals surface area contributed by atoms with E-state index in [1.807, 2.05) is 6.08 Å². The molecule has 0 bridgehead atoms. The van der Waals surface area contributed by atoms with Gasteiger partial charge < -0.3 is 0 Å². The van der Waals surface area contributed by atoms with Gasteiger partial charge in [0.25, 0.3) is 0 Å². The monoisotopic (exact) mass is 365 g/mol. The summed E-state index contributed by atoms with van der Waals surface area (Å²) >= 11 is 2.89. The first-order valence-electron chi connectivity index (χ1n) is 6.19. The lowest BCUT2D eigenvalue weighted by molar-refractivity contribution is 0.466. The van der Waals surface area contributed by atoms with Gasteiger partial charge in [-0.2, -0.15) is 0 Å². The first kappa shape index (κ1) is 15.6. The average Bonchev–Trinajstić information content (AvgIpc) is 2.36. The van der Waals surface area contributed by atoms with Crippen molar-refractivity contribution in [3.05, 3.63) is 40.4 Å². The number of allylic oxidation sites excluding steroid dienone is 2. The molecule has 3 nitrogen and oxygen atoms in total. The van der Waals surface area contributed by atoms with E-state index in [1.165, 1.54) is 0 Å². The van der Waals surface area contributed by atoms with E-state index in [1.54, 1.807) is 0 Å². The number of benzene rings is 1. The third-order valence-corrected chi connectivity index (χ3v) is 5.56. The summed E-state index contributed by atoms with van der Waals surface area (Å²) in [6.07, 6.45) is 6.68. The van der Waals surface area contributed by atoms with E-state index in [4.69, 9.17) is 0 Å². The van der Waals surface area contributed by atoms with Gasteiger partial charge in [-0.05, 0) is 47.2 Å². The molecule has 7 heteroatoms. The van der Waals surface area contributed by atoms with Gasteiger partial charge in [0, 0.05) is 17.1 Å². The van der Waals surface area contributed by atoms with Crippen LogP contribution in [0.2, 0.25) is 0 Å². The Balaban J connectivity index is 2.16. The van der Waals surface area contributed by atoms with Crippen LogP contribution in [-0.4, -0.2) is 15.0 Å². The molecule has 0 saturated heterocycles. The Labute approximate surface area is 125 Å². The summed E-state index contributed by atoms with van der Waals surface area (Å²) in [5.74, 6) is -1.73. The predicted molar refractivity (Wildman–Crippen MR) is 75.7 cm³/mol. The summed E-state index contributed by atoms with van der Waals surface area (Å²) in [6, 6.07) is 1.49. The molecule has 1 N–H and O–H groups in total. The van der Waals surface area contributed by atoms with Crippen molar-refractivity contribution in [3.8, 4) is 0 Å². The normalized spacial score (nSPS) is 19.2. The highest BCUT2D eigenvalue weighted by molar-refractivity contribution is 9.10. The van der Waals surface area contributed by atoms with Gasteiger partial charge in [-0.15, -0.1) is 0 Å². The van der Waals surface area contributed by atoms with Crippen LogP contribution in [0, 0.1) is 17.6 Å². The zero-order chi connectivity index (χ0) is 14.8. The Morgan fingerprint density at radius 3 is 2.65 bits per heavy atom. The first-order chi connectivity index (χ1) is 9.40. The number of halogens is 3. The van der Waals surface area contributed by atoms with Crippen molar-refractivity contribution in [1.29, 1.82) is 0 Å². The van der Waals surface area contributed by atoms with Crippen molar-refractivity contribution >= 4 is 26.0 Å². The fourth-order valence-electron chi connectivity index (χ4n) is 2.13. The predicted octanol–water partition coefficient (Wildman–Crippen LogP) is 3.36. The van der Waals surface area contributed by atoms with Crippen molar-refractivity contribution in [3.63, 3.8) is 0 Å². The summed E-state index contributed by atoms with van der Waals surface area (Å²) < 4.78 is 53.1. The molecule has 1 aliphatic rings. The van der Waals surface area contributed by atoms with Gasteiger partial charge >= 0.3 is 0 Å². The summed E-state index contributed by atoms with van der Waals surface area (Å²) in [5, 5.41) is 0. The molecule has 20 heavy (non-hydrogen) atoms. The summed E-state index contributed by atoms with van der Waals surface area (Å²) in [6.45, 7) is 0.246. The van der Waals surface area contributed by atoms with E-state index in [9.17, 15) is 17.2 Å². The Kier molecular flexibility index (Phi) is 4.93. The van der Waals surface area contributed by atoms with Crippen LogP contribution >= 0.6 is 15.9 Å². The molecular weight excluding hydrogens is 352 g/mol. The lowest BCUT2D eigenvalue weighted by Crippen LogP contribution is -2.30. The van der Waals surface area contributed by atoms with Gasteiger partial charge in [-0.3, -0.25) is 0 Å². The minimum atomic E-state index is -4.00. The standard InChI is InChI=1S/C13H14BrF2NO2S/c14-11-6-10(15)7-12(16)13(11)20(18,19)17-8-9-4-2-1-3-5-9/h1-2,6-7,9,17H,3-5,8H2. The van der Waals surface area contributed by atoms with E-state index in [-0.39, 0.29) is 16.9 Å². The van der Waals surface area contributed by atoms with Crippen molar-refractivity contribution in [1.82, 2.24) is 4.72 Å². The van der Waals surface area contributed by atoms with E-state index >= 15 is 0 Å². The van der Waals surface area contributed by atoms with Crippen LogP contribution in [0.25, 0.3) is 0 Å². The minimum absolute atomic E-state index is 0.119. The Bertz CT molecular complexity index is 608. The molecule has 1 atom stereocenters. The Hall–Kier alpha value is -0.790. The SMILES string of the molecule is O=S(=O)(NCC1CC=CCC1)c1c(F)cc(F)cc1Br. The molecule has 0 amide bonds. The van der Waals surface area contributed by atoms with E-state index in [2.05, 4.69) is 26.7 Å². The van der Waals surface area contributed by atoms with Crippen LogP contribution < -0.4 is 4.72 Å². The highest BCUT2D eigenvalue weighted by Gasteiger charge is 2.24. The van der Waals surface area contributed by atoms with Crippen molar-refractivity contribution in [2.75, 3.05) is 6.54 Å². The van der Waals surface area contributed by atoms with E-state index in [0.29, 0.717) is 6.07 Å². The van der Waals surface area contributed by atoms with Crippen LogP contribution in [0.4, 0.5) is 8.78 Å². The van der Waals surface area contributed by atoms with Gasteiger partial charge in [0.1, 0.15) is 16.5 Å². The van der Waals surface area contributed by atoms with Gasteiger partial charge in [-0.1, -0.05) is 12.2 Å². The number of nitrogens with one attached hydrogen (secondary N) is 1. The molecule has 0 spiro atoms. The largest absolute Gasteiger partial charge is 0.244 e. The maximum atomic E-state index is 13.7. The topological polar surface area (TPSA) is 46.2 Å². The zero-order valence-electron chi connectivity index (χ0n) is 10.6. The minimum Gasteiger partial charge on any atom is -0.211 e. The Morgan fingerprint density at radius 2 is 2.05 bits per heavy atom. The molecule has 0 heterocycles. The second-order valence-electron chi connectivity index (χ2n) is 4.70. The number of sulfonamides is 1. The van der Waals surface area contributed by atoms with Gasteiger partial charge in [-0.25, -0.2) is 21.9 Å². The molecule has 1 unspecified atom stereocenters. The molecule has 1 aromatic rings. The molecule has 2 rings (SSSR count). The smallest absolute Gasteiger partial charge is 0.211 e. The van der Waals surface area contributed by atoms with Crippen LogP contribution in [0.15, 0.2) is 33.7 Å². The molecule has 110 valence electrons. The summed E-state index contributed by atoms with van der Waals surface area (Å²) in [4.78, 5) is -0.551. The molecule has 0 fully saturated rings. The van der Waals surface area contributed by atoms with Gasteiger partial charge in [0.2, 0.25) is 10.0 Å². The zero-order valence-corrected chi connectivity index (χ0v) is 13.0. The highest BCUT2D eigenvalue weighted by Crippen LogP contribution is 2.26. The number of hydrogen-bond donors (Lipinski definition) is 1. The number of hydrogen-bond acceptors (Lipinski definition) is 2. The second kappa shape index (κ2) is 6.32. The molecule has 1 aromatic carbocycles. The summed E-state index contributed by atoms with van der Waals surface area (Å²) in [5.41, 5.74) is 0. The maximum absolute atomic E-state index is 13.7. The third-order valence-electron chi connectivity index (χ3n) is 3.17. The van der Waals surface area contributed by atoms with E-state index in [0.717, 1.165) is 25.3 Å². The molecule has 0 aliphatic heterocycles. The van der Waals surface area contributed by atoms with Crippen molar-refractivity contribution in [2.45, 2.75) is 24.2 Å². The molecular formula is C13H14BrF2NO2S. The fourth-order valence-corrected chi connectivity index (χ4v) is 4.41. The number of rotatable bonds is 4. The van der Waals surface area contributed by atoms with Crippen LogP contribution in [-0.2, 0) is 10.0 Å². The highest BCUT2D eigenvalue weighted by atomic mass is 79.9. The molecule has 0 saturated carbocycles. The maximum Gasteiger partial charge on any atom is 0.244 e. The second-order valence-corrected chi connectivity index (χ2v) is 7.26. The lowest BCUT2D eigenvalue weighted by atomic mass is 9.95. The average molecular weight is 366 g/mol. The molecule has 1 aliphatic carbocycles. The van der Waals surface area contributed by atoms with Crippen LogP contribution in [0.5, 0.6) is 0 Å². The molecule has 0 radical (unpaired) electrons. The Morgan fingerprint density at radius 1 is 1.30 bits per heavy atom. The lowest BCUT2D eigenvalue weighted by Gasteiger charge is -2.18. The van der Waals surface area contributed by atoms with Crippen molar-refractivity contribution in [2.24, 2.45) is 5.92 Å². The van der Waals surface area contributed by atoms with Gasteiger partial charge in [0.05, 0.1) is 0 Å². The van der Waals surface area contributed by atoms with Crippen molar-refractivity contribution < 1.29 is 17.2 Å². The fraction of sp³-hybridized carbons (Fsp3) is 0.385.